The fraction of sp³-hybridized carbons (Fsp3) is 0.478. The maximum absolute atomic E-state index is 12.2. The highest BCUT2D eigenvalue weighted by Gasteiger charge is 2.20. The van der Waals surface area contributed by atoms with Crippen LogP contribution in [0.4, 0.5) is 0 Å². The fourth-order valence-corrected chi connectivity index (χ4v) is 3.52. The number of amides is 1. The third-order valence-electron chi connectivity index (χ3n) is 5.02. The molecule has 1 aromatic carbocycles. The molecule has 1 amide bonds. The Bertz CT molecular complexity index is 746. The molecule has 1 aliphatic rings. The predicted molar refractivity (Wildman–Crippen MR) is 113 cm³/mol. The number of pyridine rings is 1. The molecule has 1 aromatic heterocycles. The van der Waals surface area contributed by atoms with Crippen molar-refractivity contribution < 1.29 is 14.3 Å². The Kier molecular flexibility index (Phi) is 8.31. The lowest BCUT2D eigenvalue weighted by Crippen LogP contribution is -2.44. The summed E-state index contributed by atoms with van der Waals surface area (Å²) in [5, 5.41) is 3.17. The number of benzene rings is 1. The van der Waals surface area contributed by atoms with Crippen LogP contribution in [-0.4, -0.2) is 48.1 Å². The van der Waals surface area contributed by atoms with Crippen LogP contribution in [-0.2, 0) is 11.3 Å². The van der Waals surface area contributed by atoms with E-state index in [2.05, 4.69) is 21.3 Å². The van der Waals surface area contributed by atoms with E-state index in [0.29, 0.717) is 26.1 Å². The minimum Gasteiger partial charge on any atom is -0.490 e. The van der Waals surface area contributed by atoms with Gasteiger partial charge in [0.2, 0.25) is 5.91 Å². The lowest BCUT2D eigenvalue weighted by Gasteiger charge is -2.32. The SMILES string of the molecule is CCOc1ccccc1OCCCC(=O)NC1CCN(Cc2ccccn2)CC1. The van der Waals surface area contributed by atoms with Crippen LogP contribution in [0.15, 0.2) is 48.7 Å². The van der Waals surface area contributed by atoms with E-state index in [9.17, 15) is 4.79 Å². The predicted octanol–water partition coefficient (Wildman–Crippen LogP) is 3.42. The highest BCUT2D eigenvalue weighted by Crippen LogP contribution is 2.26. The molecule has 2 heterocycles. The first-order valence-electron chi connectivity index (χ1n) is 10.5. The topological polar surface area (TPSA) is 63.7 Å². The molecule has 0 saturated carbocycles. The van der Waals surface area contributed by atoms with Gasteiger partial charge >= 0.3 is 0 Å². The van der Waals surface area contributed by atoms with Crippen molar-refractivity contribution in [3.05, 3.63) is 54.4 Å². The van der Waals surface area contributed by atoms with Crippen LogP contribution >= 0.6 is 0 Å². The summed E-state index contributed by atoms with van der Waals surface area (Å²) < 4.78 is 11.3. The van der Waals surface area contributed by atoms with Crippen LogP contribution in [0.3, 0.4) is 0 Å². The zero-order valence-electron chi connectivity index (χ0n) is 17.2. The summed E-state index contributed by atoms with van der Waals surface area (Å²) in [6, 6.07) is 13.9. The molecule has 0 bridgehead atoms. The molecule has 1 saturated heterocycles. The molecular formula is C23H31N3O3. The standard InChI is InChI=1S/C23H31N3O3/c1-2-28-21-9-3-4-10-22(21)29-17-7-11-23(27)25-19-12-15-26(16-13-19)18-20-8-5-6-14-24-20/h3-6,8-10,14,19H,2,7,11-13,15-18H2,1H3,(H,25,27). The molecule has 0 spiro atoms. The molecule has 1 aliphatic heterocycles. The number of rotatable bonds is 10. The Balaban J connectivity index is 1.30. The van der Waals surface area contributed by atoms with Crippen molar-refractivity contribution in [2.24, 2.45) is 0 Å². The third kappa shape index (κ3) is 7.06. The molecule has 1 fully saturated rings. The number of piperidine rings is 1. The van der Waals surface area contributed by atoms with Gasteiger partial charge in [-0.2, -0.15) is 0 Å². The highest BCUT2D eigenvalue weighted by molar-refractivity contribution is 5.76. The first-order chi connectivity index (χ1) is 14.2. The minimum absolute atomic E-state index is 0.106. The summed E-state index contributed by atoms with van der Waals surface area (Å²) in [6.45, 7) is 5.90. The number of ether oxygens (including phenoxy) is 2. The van der Waals surface area contributed by atoms with Crippen molar-refractivity contribution in [2.75, 3.05) is 26.3 Å². The van der Waals surface area contributed by atoms with Crippen molar-refractivity contribution in [3.63, 3.8) is 0 Å². The zero-order valence-corrected chi connectivity index (χ0v) is 17.2. The normalized spacial score (nSPS) is 15.1. The van der Waals surface area contributed by atoms with Gasteiger partial charge in [-0.15, -0.1) is 0 Å². The summed E-state index contributed by atoms with van der Waals surface area (Å²) in [5.74, 6) is 1.59. The van der Waals surface area contributed by atoms with Gasteiger partial charge in [-0.05, 0) is 50.5 Å². The maximum atomic E-state index is 12.2. The maximum Gasteiger partial charge on any atom is 0.220 e. The lowest BCUT2D eigenvalue weighted by molar-refractivity contribution is -0.122. The second-order valence-electron chi connectivity index (χ2n) is 7.27. The zero-order chi connectivity index (χ0) is 20.3. The van der Waals surface area contributed by atoms with E-state index in [1.807, 2.05) is 49.5 Å². The molecule has 29 heavy (non-hydrogen) atoms. The third-order valence-corrected chi connectivity index (χ3v) is 5.02. The van der Waals surface area contributed by atoms with E-state index in [0.717, 1.165) is 49.7 Å². The number of para-hydroxylation sites is 2. The molecule has 1 N–H and O–H groups in total. The molecule has 156 valence electrons. The monoisotopic (exact) mass is 397 g/mol. The Morgan fingerprint density at radius 2 is 1.83 bits per heavy atom. The average molecular weight is 398 g/mol. The van der Waals surface area contributed by atoms with Crippen LogP contribution in [0.25, 0.3) is 0 Å². The van der Waals surface area contributed by atoms with Gasteiger partial charge in [0.25, 0.3) is 0 Å². The van der Waals surface area contributed by atoms with Crippen LogP contribution in [0.2, 0.25) is 0 Å². The molecule has 0 unspecified atom stereocenters. The van der Waals surface area contributed by atoms with Crippen molar-refractivity contribution in [1.82, 2.24) is 15.2 Å². The summed E-state index contributed by atoms with van der Waals surface area (Å²) in [4.78, 5) is 19.0. The second kappa shape index (κ2) is 11.4. The van der Waals surface area contributed by atoms with Crippen LogP contribution in [0.5, 0.6) is 11.5 Å². The van der Waals surface area contributed by atoms with Gasteiger partial charge in [0.1, 0.15) is 0 Å². The Morgan fingerprint density at radius 3 is 2.52 bits per heavy atom. The molecule has 6 nitrogen and oxygen atoms in total. The largest absolute Gasteiger partial charge is 0.490 e. The van der Waals surface area contributed by atoms with E-state index in [4.69, 9.17) is 9.47 Å². The molecule has 6 heteroatoms. The van der Waals surface area contributed by atoms with E-state index < -0.39 is 0 Å². The van der Waals surface area contributed by atoms with Gasteiger partial charge in [0, 0.05) is 38.3 Å². The van der Waals surface area contributed by atoms with Gasteiger partial charge in [0.05, 0.1) is 18.9 Å². The van der Waals surface area contributed by atoms with Gasteiger partial charge in [0.15, 0.2) is 11.5 Å². The summed E-state index contributed by atoms with van der Waals surface area (Å²) >= 11 is 0. The summed E-state index contributed by atoms with van der Waals surface area (Å²) in [6.07, 6.45) is 4.96. The first-order valence-corrected chi connectivity index (χ1v) is 10.5. The Hall–Kier alpha value is -2.60. The molecule has 0 radical (unpaired) electrons. The number of hydrogen-bond donors (Lipinski definition) is 1. The van der Waals surface area contributed by atoms with E-state index in [1.165, 1.54) is 0 Å². The van der Waals surface area contributed by atoms with E-state index >= 15 is 0 Å². The van der Waals surface area contributed by atoms with Crippen LogP contribution in [0, 0.1) is 0 Å². The molecular weight excluding hydrogens is 366 g/mol. The number of aromatic nitrogens is 1. The van der Waals surface area contributed by atoms with E-state index in [1.54, 1.807) is 0 Å². The van der Waals surface area contributed by atoms with Crippen molar-refractivity contribution in [2.45, 2.75) is 45.2 Å². The molecule has 3 rings (SSSR count). The number of nitrogens with zero attached hydrogens (tertiary/aromatic N) is 2. The number of nitrogens with one attached hydrogen (secondary N) is 1. The number of hydrogen-bond acceptors (Lipinski definition) is 5. The smallest absolute Gasteiger partial charge is 0.220 e. The molecule has 0 atom stereocenters. The minimum atomic E-state index is 0.106. The number of carbonyl (C=O) groups is 1. The van der Waals surface area contributed by atoms with Gasteiger partial charge in [-0.25, -0.2) is 0 Å². The van der Waals surface area contributed by atoms with Crippen molar-refractivity contribution in [1.29, 1.82) is 0 Å². The fourth-order valence-electron chi connectivity index (χ4n) is 3.52. The Morgan fingerprint density at radius 1 is 1.10 bits per heavy atom. The molecule has 0 aliphatic carbocycles. The van der Waals surface area contributed by atoms with Crippen molar-refractivity contribution >= 4 is 5.91 Å². The average Bonchev–Trinajstić information content (AvgIpc) is 2.75. The second-order valence-corrected chi connectivity index (χ2v) is 7.27. The number of likely N-dealkylation sites (tertiary alicyclic amines) is 1. The molecule has 2 aromatic rings. The lowest BCUT2D eigenvalue weighted by atomic mass is 10.0. The number of carbonyl (C=O) groups excluding carboxylic acids is 1. The quantitative estimate of drug-likeness (QED) is 0.623. The van der Waals surface area contributed by atoms with Gasteiger partial charge in [-0.3, -0.25) is 14.7 Å². The van der Waals surface area contributed by atoms with Gasteiger partial charge < -0.3 is 14.8 Å². The van der Waals surface area contributed by atoms with E-state index in [-0.39, 0.29) is 11.9 Å². The van der Waals surface area contributed by atoms with Gasteiger partial charge in [-0.1, -0.05) is 18.2 Å². The first kappa shape index (κ1) is 21.1. The van der Waals surface area contributed by atoms with Crippen LogP contribution in [0.1, 0.15) is 38.3 Å². The van der Waals surface area contributed by atoms with Crippen molar-refractivity contribution in [3.8, 4) is 11.5 Å². The Labute approximate surface area is 173 Å². The highest BCUT2D eigenvalue weighted by atomic mass is 16.5. The van der Waals surface area contributed by atoms with Crippen LogP contribution < -0.4 is 14.8 Å². The summed E-state index contributed by atoms with van der Waals surface area (Å²) in [7, 11) is 0. The summed E-state index contributed by atoms with van der Waals surface area (Å²) in [5.41, 5.74) is 1.10.